The zero-order chi connectivity index (χ0) is 9.73. The van der Waals surface area contributed by atoms with Gasteiger partial charge in [0.2, 0.25) is 0 Å². The lowest BCUT2D eigenvalue weighted by Gasteiger charge is -1.93. The topological polar surface area (TPSA) is 12.4 Å². The Balaban J connectivity index is 2.75. The zero-order valence-corrected chi connectivity index (χ0v) is 7.31. The fraction of sp³-hybridized carbons (Fsp3) is 0.125. The van der Waals surface area contributed by atoms with Crippen LogP contribution < -0.4 is 0 Å². The highest BCUT2D eigenvalue weighted by atomic mass is 32.1. The van der Waals surface area contributed by atoms with Crippen LogP contribution in [0.4, 0.5) is 18.9 Å². The highest BCUT2D eigenvalue weighted by Crippen LogP contribution is 2.22. The molecule has 0 bridgehead atoms. The number of rotatable bonds is 1. The first-order valence-electron chi connectivity index (χ1n) is 3.37. The summed E-state index contributed by atoms with van der Waals surface area (Å²) in [6.45, 7) is 0. The van der Waals surface area contributed by atoms with Gasteiger partial charge >= 0.3 is 5.51 Å². The molecule has 1 aromatic carbocycles. The van der Waals surface area contributed by atoms with E-state index in [2.05, 4.69) is 4.99 Å². The molecule has 1 aromatic rings. The summed E-state index contributed by atoms with van der Waals surface area (Å²) in [5, 5.41) is 1.91. The number of isothiocyanates is 1. The molecule has 0 spiro atoms. The third-order valence-electron chi connectivity index (χ3n) is 1.11. The summed E-state index contributed by atoms with van der Waals surface area (Å²) < 4.78 is 34.9. The number of nitrogens with zero attached hydrogens (tertiary/aromatic N) is 1. The first kappa shape index (κ1) is 10.0. The number of benzene rings is 1. The van der Waals surface area contributed by atoms with Crippen molar-refractivity contribution in [3.8, 4) is 0 Å². The van der Waals surface area contributed by atoms with Crippen molar-refractivity contribution in [1.82, 2.24) is 0 Å². The molecule has 5 heteroatoms. The molecule has 0 unspecified atom stereocenters. The van der Waals surface area contributed by atoms with Crippen LogP contribution in [0, 0.1) is 0 Å². The van der Waals surface area contributed by atoms with Crippen molar-refractivity contribution in [3.05, 3.63) is 30.3 Å². The predicted octanol–water partition coefficient (Wildman–Crippen LogP) is 3.21. The van der Waals surface area contributed by atoms with E-state index in [9.17, 15) is 13.2 Å². The molecule has 0 N–H and O–H groups in total. The van der Waals surface area contributed by atoms with Gasteiger partial charge < -0.3 is 0 Å². The van der Waals surface area contributed by atoms with Crippen LogP contribution in [0.3, 0.4) is 0 Å². The molecule has 0 atom stereocenters. The van der Waals surface area contributed by atoms with E-state index in [0.717, 1.165) is 0 Å². The smallest absolute Gasteiger partial charge is 0.200 e. The molecule has 0 aliphatic carbocycles. The largest absolute Gasteiger partial charge is 0.442 e. The van der Waals surface area contributed by atoms with Gasteiger partial charge in [-0.3, -0.25) is 0 Å². The van der Waals surface area contributed by atoms with Gasteiger partial charge in [0, 0.05) is 5.16 Å². The molecule has 70 valence electrons. The molecular formula is C8H6F3NS. The van der Waals surface area contributed by atoms with Gasteiger partial charge in [0.05, 0.1) is 5.69 Å². The molecule has 1 nitrogen and oxygen atoms in total. The highest BCUT2D eigenvalue weighted by Gasteiger charge is 2.21. The van der Waals surface area contributed by atoms with E-state index in [1.54, 1.807) is 30.3 Å². The van der Waals surface area contributed by atoms with E-state index in [-0.39, 0.29) is 0 Å². The number of halogens is 3. The fourth-order valence-corrected chi connectivity index (χ4v) is 0.921. The van der Waals surface area contributed by atoms with Gasteiger partial charge in [-0.15, -0.1) is 0 Å². The Bertz CT molecular complexity index is 325. The maximum atomic E-state index is 11.6. The molecule has 0 saturated carbocycles. The van der Waals surface area contributed by atoms with Gasteiger partial charge in [-0.1, -0.05) is 18.2 Å². The van der Waals surface area contributed by atoms with Gasteiger partial charge in [0.1, 0.15) is 0 Å². The van der Waals surface area contributed by atoms with E-state index >= 15 is 0 Å². The van der Waals surface area contributed by atoms with Gasteiger partial charge in [-0.25, -0.2) is 0 Å². The average molecular weight is 205 g/mol. The number of alkyl halides is 3. The lowest BCUT2D eigenvalue weighted by atomic mass is 10.3. The third kappa shape index (κ3) is 4.50. The van der Waals surface area contributed by atoms with Crippen LogP contribution in [0.2, 0.25) is 0 Å². The van der Waals surface area contributed by atoms with Gasteiger partial charge in [-0.05, 0) is 23.5 Å². The van der Waals surface area contributed by atoms with Crippen molar-refractivity contribution in [2.75, 3.05) is 0 Å². The Morgan fingerprint density at radius 3 is 2.31 bits per heavy atom. The monoisotopic (exact) mass is 205 g/mol. The third-order valence-corrected chi connectivity index (χ3v) is 1.57. The number of para-hydroxylation sites is 1. The van der Waals surface area contributed by atoms with Gasteiger partial charge in [0.25, 0.3) is 0 Å². The van der Waals surface area contributed by atoms with Gasteiger partial charge in [0.15, 0.2) is 0 Å². The minimum Gasteiger partial charge on any atom is -0.200 e. The Morgan fingerprint density at radius 2 is 1.77 bits per heavy atom. The summed E-state index contributed by atoms with van der Waals surface area (Å²) in [6, 6.07) is 8.38. The summed E-state index contributed by atoms with van der Waals surface area (Å²) in [5.41, 5.74) is -3.78. The standard InChI is InChI=1S/C8H6F3NS/c9-8(10,11)13-6-12-7-4-2-1-3-5-7/h1-5,13H. The molecular weight excluding hydrogens is 199 g/mol. The molecule has 0 fully saturated rings. The second-order valence-corrected chi connectivity index (χ2v) is 3.06. The van der Waals surface area contributed by atoms with Crippen LogP contribution in [0.15, 0.2) is 35.3 Å². The van der Waals surface area contributed by atoms with Crippen molar-refractivity contribution >= 4 is 22.2 Å². The Kier molecular flexibility index (Phi) is 3.28. The molecule has 0 aliphatic rings. The number of thiol groups is 1. The summed E-state index contributed by atoms with van der Waals surface area (Å²) in [7, 11) is 0. The van der Waals surface area contributed by atoms with Crippen molar-refractivity contribution in [1.29, 1.82) is 0 Å². The number of aliphatic imine (C=N–C) groups is 1. The lowest BCUT2D eigenvalue weighted by molar-refractivity contribution is -0.0309. The predicted molar refractivity (Wildman–Crippen MR) is 48.6 cm³/mol. The summed E-state index contributed by atoms with van der Waals surface area (Å²) in [6.07, 6.45) is 0. The summed E-state index contributed by atoms with van der Waals surface area (Å²) in [4.78, 5) is 3.51. The molecule has 0 saturated heterocycles. The molecule has 0 aliphatic heterocycles. The fourth-order valence-electron chi connectivity index (χ4n) is 0.642. The number of hydrogen-bond donors (Lipinski definition) is 1. The summed E-state index contributed by atoms with van der Waals surface area (Å²) in [5.74, 6) is 0. The minimum atomic E-state index is -4.25. The highest BCUT2D eigenvalue weighted by molar-refractivity contribution is 7.97. The molecule has 0 aromatic heterocycles. The average Bonchev–Trinajstić information content (AvgIpc) is 2.04. The van der Waals surface area contributed by atoms with Crippen molar-refractivity contribution in [2.24, 2.45) is 4.99 Å². The van der Waals surface area contributed by atoms with E-state index < -0.39 is 16.9 Å². The van der Waals surface area contributed by atoms with Crippen LogP contribution in [0.25, 0.3) is 0 Å². The second-order valence-electron chi connectivity index (χ2n) is 2.13. The van der Waals surface area contributed by atoms with E-state index in [0.29, 0.717) is 5.69 Å². The maximum Gasteiger partial charge on any atom is 0.442 e. The molecule has 13 heavy (non-hydrogen) atoms. The van der Waals surface area contributed by atoms with Crippen molar-refractivity contribution in [2.45, 2.75) is 5.51 Å². The first-order valence-corrected chi connectivity index (χ1v) is 4.27. The number of hydrogen-bond acceptors (Lipinski definition) is 1. The first-order chi connectivity index (χ1) is 6.08. The molecule has 0 radical (unpaired) electrons. The van der Waals surface area contributed by atoms with Crippen LogP contribution in [0.1, 0.15) is 0 Å². The van der Waals surface area contributed by atoms with Crippen LogP contribution in [-0.2, 0) is 0 Å². The molecule has 1 rings (SSSR count). The van der Waals surface area contributed by atoms with Gasteiger partial charge in [-0.2, -0.15) is 18.2 Å². The second kappa shape index (κ2) is 4.25. The van der Waals surface area contributed by atoms with Crippen LogP contribution >= 0.6 is 11.4 Å². The summed E-state index contributed by atoms with van der Waals surface area (Å²) >= 11 is -0.869. The van der Waals surface area contributed by atoms with Crippen molar-refractivity contribution in [3.63, 3.8) is 0 Å². The van der Waals surface area contributed by atoms with E-state index in [1.165, 1.54) is 0 Å². The SMILES string of the molecule is FC(F)(F)[SH]=C=Nc1ccccc1. The van der Waals surface area contributed by atoms with E-state index in [1.807, 2.05) is 5.16 Å². The maximum absolute atomic E-state index is 11.6. The molecule has 0 amide bonds. The Hall–Kier alpha value is -1.06. The van der Waals surface area contributed by atoms with E-state index in [4.69, 9.17) is 0 Å². The lowest BCUT2D eigenvalue weighted by Crippen LogP contribution is -1.93. The Morgan fingerprint density at radius 1 is 1.15 bits per heavy atom. The van der Waals surface area contributed by atoms with Crippen molar-refractivity contribution < 1.29 is 13.2 Å². The quantitative estimate of drug-likeness (QED) is 0.410. The normalized spacial score (nSPS) is 10.7. The molecule has 0 heterocycles. The van der Waals surface area contributed by atoms with Crippen LogP contribution in [-0.4, -0.2) is 10.7 Å². The zero-order valence-electron chi connectivity index (χ0n) is 6.42. The Labute approximate surface area is 76.9 Å². The van der Waals surface area contributed by atoms with Crippen LogP contribution in [0.5, 0.6) is 0 Å². The minimum absolute atomic E-state index is 0.472.